The maximum atomic E-state index is 11.9. The van der Waals surface area contributed by atoms with Crippen LogP contribution < -0.4 is 10.6 Å². The molecule has 0 saturated carbocycles. The van der Waals surface area contributed by atoms with Crippen molar-refractivity contribution < 1.29 is 4.79 Å². The van der Waals surface area contributed by atoms with E-state index in [1.807, 2.05) is 18.7 Å². The van der Waals surface area contributed by atoms with Crippen LogP contribution in [0.25, 0.3) is 0 Å². The summed E-state index contributed by atoms with van der Waals surface area (Å²) in [6.45, 7) is 2.77. The lowest BCUT2D eigenvalue weighted by Gasteiger charge is -2.21. The molecule has 5 nitrogen and oxygen atoms in total. The van der Waals surface area contributed by atoms with E-state index >= 15 is 0 Å². The number of hydrogen-bond donors (Lipinski definition) is 2. The van der Waals surface area contributed by atoms with Crippen molar-refractivity contribution in [2.75, 3.05) is 23.4 Å². The number of rotatable bonds is 4. The van der Waals surface area contributed by atoms with Crippen LogP contribution in [-0.4, -0.2) is 40.2 Å². The molecular weight excluding hydrogens is 256 g/mol. The number of carbonyl (C=O) groups excluding carboxylic acids is 1. The average molecular weight is 272 g/mol. The summed E-state index contributed by atoms with van der Waals surface area (Å²) in [6.07, 6.45) is 2.10. The number of carbonyl (C=O) groups is 1. The second-order valence-electron chi connectivity index (χ2n) is 3.80. The van der Waals surface area contributed by atoms with Crippen molar-refractivity contribution in [2.24, 2.45) is 0 Å². The fourth-order valence-corrected chi connectivity index (χ4v) is 3.45. The molecule has 1 amide bonds. The van der Waals surface area contributed by atoms with Gasteiger partial charge in [-0.1, -0.05) is 11.3 Å². The Morgan fingerprint density at radius 1 is 1.41 bits per heavy atom. The summed E-state index contributed by atoms with van der Waals surface area (Å²) in [6, 6.07) is 0.301. The van der Waals surface area contributed by atoms with Crippen LogP contribution in [0, 0.1) is 0 Å². The van der Waals surface area contributed by atoms with Crippen LogP contribution in [0.4, 0.5) is 5.13 Å². The van der Waals surface area contributed by atoms with E-state index in [-0.39, 0.29) is 5.91 Å². The molecule has 1 aliphatic rings. The molecule has 1 aromatic heterocycles. The van der Waals surface area contributed by atoms with E-state index in [1.165, 1.54) is 11.3 Å². The number of hydrogen-bond acceptors (Lipinski definition) is 6. The predicted molar refractivity (Wildman–Crippen MR) is 71.9 cm³/mol. The molecule has 2 N–H and O–H groups in total. The molecule has 0 unspecified atom stereocenters. The first-order chi connectivity index (χ1) is 8.29. The molecular formula is C10H16N4OS2. The third kappa shape index (κ3) is 3.57. The lowest BCUT2D eigenvalue weighted by molar-refractivity contribution is 0.0933. The SMILES string of the molecule is CCNc1nnc(C(=O)NC2CCSCC2)s1. The second kappa shape index (κ2) is 6.20. The molecule has 7 heteroatoms. The Labute approximate surface area is 109 Å². The third-order valence-corrected chi connectivity index (χ3v) is 4.43. The lowest BCUT2D eigenvalue weighted by atomic mass is 10.1. The van der Waals surface area contributed by atoms with Crippen LogP contribution in [0.1, 0.15) is 29.6 Å². The zero-order chi connectivity index (χ0) is 12.1. The molecule has 0 radical (unpaired) electrons. The molecule has 0 atom stereocenters. The van der Waals surface area contributed by atoms with E-state index in [0.717, 1.165) is 30.9 Å². The summed E-state index contributed by atoms with van der Waals surface area (Å²) in [7, 11) is 0. The van der Waals surface area contributed by atoms with Gasteiger partial charge in [-0.25, -0.2) is 0 Å². The van der Waals surface area contributed by atoms with E-state index in [4.69, 9.17) is 0 Å². The molecule has 94 valence electrons. The van der Waals surface area contributed by atoms with Crippen molar-refractivity contribution in [3.8, 4) is 0 Å². The standard InChI is InChI=1S/C10H16N4OS2/c1-2-11-10-14-13-9(17-10)8(15)12-7-3-5-16-6-4-7/h7H,2-6H2,1H3,(H,11,14)(H,12,15). The Kier molecular flexibility index (Phi) is 4.61. The van der Waals surface area contributed by atoms with Gasteiger partial charge in [-0.3, -0.25) is 4.79 Å². The first-order valence-electron chi connectivity index (χ1n) is 5.75. The minimum atomic E-state index is -0.0939. The second-order valence-corrected chi connectivity index (χ2v) is 6.01. The maximum absolute atomic E-state index is 11.9. The third-order valence-electron chi connectivity index (χ3n) is 2.50. The number of nitrogens with zero attached hydrogens (tertiary/aromatic N) is 2. The highest BCUT2D eigenvalue weighted by atomic mass is 32.2. The number of aromatic nitrogens is 2. The number of nitrogens with one attached hydrogen (secondary N) is 2. The minimum Gasteiger partial charge on any atom is -0.360 e. The largest absolute Gasteiger partial charge is 0.360 e. The van der Waals surface area contributed by atoms with Gasteiger partial charge >= 0.3 is 0 Å². The smallest absolute Gasteiger partial charge is 0.282 e. The molecule has 0 aromatic carbocycles. The Morgan fingerprint density at radius 3 is 2.88 bits per heavy atom. The lowest BCUT2D eigenvalue weighted by Crippen LogP contribution is -2.37. The fourth-order valence-electron chi connectivity index (χ4n) is 1.63. The zero-order valence-corrected chi connectivity index (χ0v) is 11.4. The van der Waals surface area contributed by atoms with Crippen molar-refractivity contribution in [3.63, 3.8) is 0 Å². The van der Waals surface area contributed by atoms with Gasteiger partial charge in [-0.05, 0) is 31.3 Å². The Hall–Kier alpha value is -0.820. The van der Waals surface area contributed by atoms with E-state index in [0.29, 0.717) is 16.2 Å². The molecule has 0 aliphatic carbocycles. The topological polar surface area (TPSA) is 66.9 Å². The zero-order valence-electron chi connectivity index (χ0n) is 9.73. The Bertz CT molecular complexity index is 376. The summed E-state index contributed by atoms with van der Waals surface area (Å²) in [4.78, 5) is 11.9. The van der Waals surface area contributed by atoms with Gasteiger partial charge < -0.3 is 10.6 Å². The van der Waals surface area contributed by atoms with Gasteiger partial charge in [0.05, 0.1) is 0 Å². The quantitative estimate of drug-likeness (QED) is 0.871. The highest BCUT2D eigenvalue weighted by molar-refractivity contribution is 7.99. The molecule has 17 heavy (non-hydrogen) atoms. The van der Waals surface area contributed by atoms with E-state index in [2.05, 4.69) is 20.8 Å². The van der Waals surface area contributed by atoms with Crippen molar-refractivity contribution in [1.29, 1.82) is 0 Å². The van der Waals surface area contributed by atoms with Gasteiger partial charge in [-0.15, -0.1) is 10.2 Å². The maximum Gasteiger partial charge on any atom is 0.282 e. The summed E-state index contributed by atoms with van der Waals surface area (Å²) in [5, 5.41) is 15.0. The summed E-state index contributed by atoms with van der Waals surface area (Å²) < 4.78 is 0. The minimum absolute atomic E-state index is 0.0939. The fraction of sp³-hybridized carbons (Fsp3) is 0.700. The normalized spacial score (nSPS) is 16.8. The number of thioether (sulfide) groups is 1. The first-order valence-corrected chi connectivity index (χ1v) is 7.72. The highest BCUT2D eigenvalue weighted by Crippen LogP contribution is 2.19. The van der Waals surface area contributed by atoms with Gasteiger partial charge in [0.15, 0.2) is 0 Å². The van der Waals surface area contributed by atoms with Crippen molar-refractivity contribution in [3.05, 3.63) is 5.01 Å². The molecule has 2 heterocycles. The van der Waals surface area contributed by atoms with Crippen LogP contribution in [-0.2, 0) is 0 Å². The summed E-state index contributed by atoms with van der Waals surface area (Å²) in [5.74, 6) is 2.16. The molecule has 0 bridgehead atoms. The van der Waals surface area contributed by atoms with Crippen molar-refractivity contribution >= 4 is 34.1 Å². The van der Waals surface area contributed by atoms with E-state index < -0.39 is 0 Å². The predicted octanol–water partition coefficient (Wildman–Crippen LogP) is 1.60. The van der Waals surface area contributed by atoms with Crippen LogP contribution >= 0.6 is 23.1 Å². The number of amides is 1. The van der Waals surface area contributed by atoms with Gasteiger partial charge in [0.2, 0.25) is 10.1 Å². The van der Waals surface area contributed by atoms with Crippen molar-refractivity contribution in [1.82, 2.24) is 15.5 Å². The van der Waals surface area contributed by atoms with Gasteiger partial charge in [0.25, 0.3) is 5.91 Å². The van der Waals surface area contributed by atoms with Crippen molar-refractivity contribution in [2.45, 2.75) is 25.8 Å². The average Bonchev–Trinajstić information content (AvgIpc) is 2.79. The number of anilines is 1. The monoisotopic (exact) mass is 272 g/mol. The van der Waals surface area contributed by atoms with Gasteiger partial charge in [0, 0.05) is 12.6 Å². The molecule has 1 aliphatic heterocycles. The van der Waals surface area contributed by atoms with Crippen LogP contribution in [0.2, 0.25) is 0 Å². The highest BCUT2D eigenvalue weighted by Gasteiger charge is 2.19. The Morgan fingerprint density at radius 2 is 2.18 bits per heavy atom. The first kappa shape index (κ1) is 12.6. The van der Waals surface area contributed by atoms with Crippen LogP contribution in [0.15, 0.2) is 0 Å². The van der Waals surface area contributed by atoms with Crippen LogP contribution in [0.3, 0.4) is 0 Å². The Balaban J connectivity index is 1.89. The summed E-state index contributed by atoms with van der Waals surface area (Å²) in [5.41, 5.74) is 0. The molecule has 2 rings (SSSR count). The van der Waals surface area contributed by atoms with E-state index in [9.17, 15) is 4.79 Å². The van der Waals surface area contributed by atoms with E-state index in [1.54, 1.807) is 0 Å². The van der Waals surface area contributed by atoms with Gasteiger partial charge in [-0.2, -0.15) is 11.8 Å². The molecule has 0 spiro atoms. The van der Waals surface area contributed by atoms with Crippen LogP contribution in [0.5, 0.6) is 0 Å². The van der Waals surface area contributed by atoms with Gasteiger partial charge in [0.1, 0.15) is 0 Å². The molecule has 1 fully saturated rings. The summed E-state index contributed by atoms with van der Waals surface area (Å²) >= 11 is 3.25. The molecule has 1 saturated heterocycles. The molecule has 1 aromatic rings.